The van der Waals surface area contributed by atoms with Crippen molar-refractivity contribution < 1.29 is 4.79 Å². The number of hydrogen-bond acceptors (Lipinski definition) is 3. The largest absolute Gasteiger partial charge is 0.306 e. The molecule has 3 rings (SSSR count). The van der Waals surface area contributed by atoms with E-state index in [4.69, 9.17) is 0 Å². The van der Waals surface area contributed by atoms with Gasteiger partial charge in [-0.15, -0.1) is 0 Å². The van der Waals surface area contributed by atoms with Crippen LogP contribution in [0.1, 0.15) is 16.2 Å². The van der Waals surface area contributed by atoms with Crippen LogP contribution in [0, 0.1) is 0 Å². The number of nitrogens with one attached hydrogen (secondary N) is 1. The third kappa shape index (κ3) is 3.04. The minimum absolute atomic E-state index is 0.150. The van der Waals surface area contributed by atoms with Gasteiger partial charge in [-0.3, -0.25) is 9.59 Å². The summed E-state index contributed by atoms with van der Waals surface area (Å²) in [6.45, 7) is 0. The van der Waals surface area contributed by atoms with Gasteiger partial charge in [-0.2, -0.15) is 0 Å². The topological polar surface area (TPSA) is 62.8 Å². The maximum atomic E-state index is 12.1. The first-order valence-electron chi connectivity index (χ1n) is 6.60. The number of H-pyrrole nitrogens is 1. The van der Waals surface area contributed by atoms with Gasteiger partial charge in [-0.05, 0) is 48.6 Å². The molecule has 5 heteroatoms. The maximum absolute atomic E-state index is 12.1. The van der Waals surface area contributed by atoms with Crippen LogP contribution in [0.4, 0.5) is 0 Å². The normalized spacial score (nSPS) is 11.1. The number of carbonyl (C=O) groups excluding carboxylic acids is 1. The lowest BCUT2D eigenvalue weighted by Crippen LogP contribution is -2.09. The molecule has 0 unspecified atom stereocenters. The number of para-hydroxylation sites is 1. The molecule has 1 heterocycles. The molecule has 0 spiro atoms. The van der Waals surface area contributed by atoms with Gasteiger partial charge >= 0.3 is 0 Å². The molecule has 0 amide bonds. The number of hydrogen-bond donors (Lipinski definition) is 1. The first-order chi connectivity index (χ1) is 10.6. The van der Waals surface area contributed by atoms with E-state index in [2.05, 4.69) is 25.9 Å². The number of ketones is 1. The van der Waals surface area contributed by atoms with Crippen LogP contribution in [-0.2, 0) is 0 Å². The number of nitrogens with zero attached hydrogens (tertiary/aromatic N) is 1. The van der Waals surface area contributed by atoms with Crippen LogP contribution in [0.5, 0.6) is 0 Å². The fourth-order valence-corrected chi connectivity index (χ4v) is 2.31. The minimum atomic E-state index is -0.221. The monoisotopic (exact) mass is 354 g/mol. The van der Waals surface area contributed by atoms with E-state index >= 15 is 0 Å². The lowest BCUT2D eigenvalue weighted by Gasteiger charge is -1.99. The Morgan fingerprint density at radius 3 is 2.59 bits per heavy atom. The fraction of sp³-hybridized carbons (Fsp3) is 0. The van der Waals surface area contributed by atoms with Crippen molar-refractivity contribution in [3.8, 4) is 0 Å². The zero-order valence-corrected chi connectivity index (χ0v) is 13.0. The Hall–Kier alpha value is -2.53. The number of benzene rings is 2. The van der Waals surface area contributed by atoms with E-state index in [9.17, 15) is 9.59 Å². The van der Waals surface area contributed by atoms with Crippen molar-refractivity contribution >= 4 is 38.7 Å². The Morgan fingerprint density at radius 2 is 1.82 bits per heavy atom. The third-order valence-electron chi connectivity index (χ3n) is 3.15. The summed E-state index contributed by atoms with van der Waals surface area (Å²) < 4.78 is 0.911. The number of aromatic amines is 1. The third-order valence-corrected chi connectivity index (χ3v) is 3.68. The van der Waals surface area contributed by atoms with Crippen molar-refractivity contribution in [2.24, 2.45) is 0 Å². The Bertz CT molecular complexity index is 927. The first kappa shape index (κ1) is 14.4. The molecular weight excluding hydrogens is 344 g/mol. The molecule has 1 N–H and O–H groups in total. The summed E-state index contributed by atoms with van der Waals surface area (Å²) in [4.78, 5) is 31.0. The van der Waals surface area contributed by atoms with Crippen LogP contribution in [0.3, 0.4) is 0 Å². The molecule has 108 valence electrons. The van der Waals surface area contributed by atoms with E-state index < -0.39 is 0 Å². The summed E-state index contributed by atoms with van der Waals surface area (Å²) in [5.41, 5.74) is 0.950. The van der Waals surface area contributed by atoms with Crippen molar-refractivity contribution in [2.45, 2.75) is 0 Å². The molecule has 0 radical (unpaired) electrons. The predicted molar refractivity (Wildman–Crippen MR) is 89.9 cm³/mol. The quantitative estimate of drug-likeness (QED) is 0.577. The number of allylic oxidation sites excluding steroid dienone is 1. The van der Waals surface area contributed by atoms with E-state index in [1.807, 2.05) is 6.07 Å². The summed E-state index contributed by atoms with van der Waals surface area (Å²) in [6, 6.07) is 14.1. The van der Waals surface area contributed by atoms with E-state index in [0.717, 1.165) is 4.47 Å². The number of rotatable bonds is 3. The van der Waals surface area contributed by atoms with Crippen molar-refractivity contribution in [1.82, 2.24) is 9.97 Å². The number of fused-ring (bicyclic) bond motifs is 1. The number of carbonyl (C=O) groups is 1. The van der Waals surface area contributed by atoms with Gasteiger partial charge in [0.05, 0.1) is 10.9 Å². The summed E-state index contributed by atoms with van der Waals surface area (Å²) in [5.74, 6) is 0.206. The summed E-state index contributed by atoms with van der Waals surface area (Å²) in [6.07, 6.45) is 2.91. The maximum Gasteiger partial charge on any atom is 0.259 e. The van der Waals surface area contributed by atoms with E-state index in [0.29, 0.717) is 22.3 Å². The highest BCUT2D eigenvalue weighted by atomic mass is 79.9. The fourth-order valence-electron chi connectivity index (χ4n) is 2.05. The molecular formula is C17H11BrN2O2. The van der Waals surface area contributed by atoms with Crippen LogP contribution < -0.4 is 5.56 Å². The molecule has 0 aliphatic rings. The first-order valence-corrected chi connectivity index (χ1v) is 7.40. The van der Waals surface area contributed by atoms with Gasteiger partial charge in [0.15, 0.2) is 5.78 Å². The van der Waals surface area contributed by atoms with Crippen LogP contribution in [0.25, 0.3) is 17.0 Å². The minimum Gasteiger partial charge on any atom is -0.306 e. The zero-order valence-electron chi connectivity index (χ0n) is 11.4. The van der Waals surface area contributed by atoms with Crippen LogP contribution in [0.2, 0.25) is 0 Å². The number of aromatic nitrogens is 2. The van der Waals surface area contributed by atoms with Crippen LogP contribution in [-0.4, -0.2) is 15.8 Å². The van der Waals surface area contributed by atoms with Crippen molar-refractivity contribution in [3.63, 3.8) is 0 Å². The van der Waals surface area contributed by atoms with Gasteiger partial charge in [0.1, 0.15) is 5.82 Å². The molecule has 0 aliphatic carbocycles. The van der Waals surface area contributed by atoms with Gasteiger partial charge < -0.3 is 4.98 Å². The number of halogens is 1. The van der Waals surface area contributed by atoms with Crippen LogP contribution in [0.15, 0.2) is 63.9 Å². The van der Waals surface area contributed by atoms with Gasteiger partial charge in [0.25, 0.3) is 5.56 Å². The molecule has 0 fully saturated rings. The molecule has 4 nitrogen and oxygen atoms in total. The molecule has 2 aromatic carbocycles. The second kappa shape index (κ2) is 6.07. The van der Waals surface area contributed by atoms with Gasteiger partial charge in [-0.1, -0.05) is 28.1 Å². The van der Waals surface area contributed by atoms with E-state index in [-0.39, 0.29) is 11.3 Å². The zero-order chi connectivity index (χ0) is 15.5. The SMILES string of the molecule is O=C(/C=C/c1nc2ccccc2c(=O)[nH]1)c1ccc(Br)cc1. The molecule has 22 heavy (non-hydrogen) atoms. The second-order valence-corrected chi connectivity index (χ2v) is 5.59. The average Bonchev–Trinajstić information content (AvgIpc) is 2.53. The highest BCUT2D eigenvalue weighted by Crippen LogP contribution is 2.12. The summed E-state index contributed by atoms with van der Waals surface area (Å²) in [7, 11) is 0. The van der Waals surface area contributed by atoms with Crippen molar-refractivity contribution in [2.75, 3.05) is 0 Å². The summed E-state index contributed by atoms with van der Waals surface area (Å²) >= 11 is 3.32. The van der Waals surface area contributed by atoms with Crippen molar-refractivity contribution in [1.29, 1.82) is 0 Å². The molecule has 0 saturated carbocycles. The lowest BCUT2D eigenvalue weighted by molar-refractivity contribution is 0.104. The molecule has 0 aliphatic heterocycles. The second-order valence-electron chi connectivity index (χ2n) is 4.67. The van der Waals surface area contributed by atoms with Crippen molar-refractivity contribution in [3.05, 3.63) is 80.8 Å². The molecule has 0 atom stereocenters. The van der Waals surface area contributed by atoms with E-state index in [1.165, 1.54) is 12.2 Å². The van der Waals surface area contributed by atoms with Crippen LogP contribution >= 0.6 is 15.9 Å². The van der Waals surface area contributed by atoms with E-state index in [1.54, 1.807) is 42.5 Å². The van der Waals surface area contributed by atoms with Gasteiger partial charge in [0, 0.05) is 10.0 Å². The molecule has 0 saturated heterocycles. The van der Waals surface area contributed by atoms with Gasteiger partial charge in [0.2, 0.25) is 0 Å². The average molecular weight is 355 g/mol. The standard InChI is InChI=1S/C17H11BrN2O2/c18-12-7-5-11(6-8-12)15(21)9-10-16-19-14-4-2-1-3-13(14)17(22)20-16/h1-10H,(H,19,20,22)/b10-9+. The Kier molecular flexibility index (Phi) is 3.98. The summed E-state index contributed by atoms with van der Waals surface area (Å²) in [5, 5.41) is 0.527. The lowest BCUT2D eigenvalue weighted by atomic mass is 10.1. The highest BCUT2D eigenvalue weighted by Gasteiger charge is 2.03. The van der Waals surface area contributed by atoms with Gasteiger partial charge in [-0.25, -0.2) is 4.98 Å². The smallest absolute Gasteiger partial charge is 0.259 e. The molecule has 3 aromatic rings. The predicted octanol–water partition coefficient (Wildman–Crippen LogP) is 3.58. The molecule has 1 aromatic heterocycles. The Morgan fingerprint density at radius 1 is 1.09 bits per heavy atom. The Labute approximate surface area is 134 Å². The Balaban J connectivity index is 1.90. The molecule has 0 bridgehead atoms. The highest BCUT2D eigenvalue weighted by molar-refractivity contribution is 9.10.